The first kappa shape index (κ1) is 20.3. The number of carbonyl (C=O) groups is 2. The summed E-state index contributed by atoms with van der Waals surface area (Å²) in [6.45, 7) is 3.22. The normalized spacial score (nSPS) is 13.0. The SMILES string of the molecule is Cc1csc(CCCCNC(=O)CCCOc2ccc3c(c2)CCC(=O)N3)n1. The second kappa shape index (κ2) is 10.2. The van der Waals surface area contributed by atoms with Crippen LogP contribution in [0, 0.1) is 6.92 Å². The number of anilines is 1. The monoisotopic (exact) mass is 401 g/mol. The van der Waals surface area contributed by atoms with Crippen LogP contribution in [0.25, 0.3) is 0 Å². The number of hydrogen-bond donors (Lipinski definition) is 2. The van der Waals surface area contributed by atoms with Crippen LogP contribution < -0.4 is 15.4 Å². The quantitative estimate of drug-likeness (QED) is 0.596. The molecule has 0 saturated heterocycles. The summed E-state index contributed by atoms with van der Waals surface area (Å²) >= 11 is 1.70. The fraction of sp³-hybridized carbons (Fsp3) is 0.476. The zero-order valence-corrected chi connectivity index (χ0v) is 17.1. The molecule has 150 valence electrons. The Balaban J connectivity index is 1.25. The van der Waals surface area contributed by atoms with Gasteiger partial charge < -0.3 is 15.4 Å². The van der Waals surface area contributed by atoms with Gasteiger partial charge in [0.1, 0.15) is 5.75 Å². The average Bonchev–Trinajstić information content (AvgIpc) is 3.10. The molecule has 2 aromatic rings. The molecule has 1 aromatic heterocycles. The van der Waals surface area contributed by atoms with Gasteiger partial charge in [-0.25, -0.2) is 4.98 Å². The Labute approximate surface area is 169 Å². The first-order chi connectivity index (χ1) is 13.6. The van der Waals surface area contributed by atoms with Crippen molar-refractivity contribution in [3.8, 4) is 5.75 Å². The van der Waals surface area contributed by atoms with Crippen molar-refractivity contribution in [3.63, 3.8) is 0 Å². The van der Waals surface area contributed by atoms with Gasteiger partial charge in [-0.2, -0.15) is 0 Å². The summed E-state index contributed by atoms with van der Waals surface area (Å²) in [5, 5.41) is 9.07. The summed E-state index contributed by atoms with van der Waals surface area (Å²) in [5.41, 5.74) is 3.05. The van der Waals surface area contributed by atoms with Crippen LogP contribution in [-0.2, 0) is 22.4 Å². The number of aryl methyl sites for hydroxylation is 3. The van der Waals surface area contributed by atoms with Gasteiger partial charge in [0, 0.05) is 36.1 Å². The van der Waals surface area contributed by atoms with Gasteiger partial charge in [0.2, 0.25) is 11.8 Å². The topological polar surface area (TPSA) is 80.3 Å². The van der Waals surface area contributed by atoms with E-state index in [1.807, 2.05) is 25.1 Å². The lowest BCUT2D eigenvalue weighted by Gasteiger charge is -2.17. The molecular weight excluding hydrogens is 374 g/mol. The molecule has 0 aliphatic carbocycles. The van der Waals surface area contributed by atoms with Gasteiger partial charge in [-0.05, 0) is 62.8 Å². The number of amides is 2. The van der Waals surface area contributed by atoms with E-state index in [0.29, 0.717) is 32.4 Å². The highest BCUT2D eigenvalue weighted by molar-refractivity contribution is 7.09. The molecule has 6 nitrogen and oxygen atoms in total. The minimum absolute atomic E-state index is 0.0606. The molecular formula is C21H27N3O3S. The number of benzene rings is 1. The number of hydrogen-bond acceptors (Lipinski definition) is 5. The predicted octanol–water partition coefficient (Wildman–Crippen LogP) is 3.63. The molecule has 28 heavy (non-hydrogen) atoms. The van der Waals surface area contributed by atoms with E-state index in [-0.39, 0.29) is 11.8 Å². The Morgan fingerprint density at radius 1 is 1.29 bits per heavy atom. The molecule has 2 heterocycles. The first-order valence-corrected chi connectivity index (χ1v) is 10.7. The van der Waals surface area contributed by atoms with Crippen molar-refractivity contribution < 1.29 is 14.3 Å². The summed E-state index contributed by atoms with van der Waals surface area (Å²) < 4.78 is 5.74. The first-order valence-electron chi connectivity index (χ1n) is 9.83. The number of nitrogens with one attached hydrogen (secondary N) is 2. The zero-order valence-electron chi connectivity index (χ0n) is 16.3. The Morgan fingerprint density at radius 2 is 2.18 bits per heavy atom. The van der Waals surface area contributed by atoms with Crippen LogP contribution in [0.3, 0.4) is 0 Å². The molecule has 1 aliphatic rings. The maximum atomic E-state index is 11.9. The lowest BCUT2D eigenvalue weighted by atomic mass is 10.0. The number of carbonyl (C=O) groups excluding carboxylic acids is 2. The van der Waals surface area contributed by atoms with Gasteiger partial charge in [0.15, 0.2) is 0 Å². The summed E-state index contributed by atoms with van der Waals surface area (Å²) in [4.78, 5) is 27.7. The van der Waals surface area contributed by atoms with Crippen LogP contribution in [0.2, 0.25) is 0 Å². The van der Waals surface area contributed by atoms with E-state index >= 15 is 0 Å². The molecule has 0 saturated carbocycles. The summed E-state index contributed by atoms with van der Waals surface area (Å²) in [6, 6.07) is 5.70. The number of unbranched alkanes of at least 4 members (excludes halogenated alkanes) is 1. The Hall–Kier alpha value is -2.41. The average molecular weight is 402 g/mol. The van der Waals surface area contributed by atoms with Crippen molar-refractivity contribution in [2.24, 2.45) is 0 Å². The number of fused-ring (bicyclic) bond motifs is 1. The van der Waals surface area contributed by atoms with E-state index in [1.54, 1.807) is 11.3 Å². The predicted molar refractivity (Wildman–Crippen MR) is 111 cm³/mol. The molecule has 0 unspecified atom stereocenters. The Morgan fingerprint density at radius 3 is 3.00 bits per heavy atom. The van der Waals surface area contributed by atoms with Crippen LogP contribution in [0.1, 0.15) is 48.4 Å². The van der Waals surface area contributed by atoms with Crippen LogP contribution in [0.4, 0.5) is 5.69 Å². The van der Waals surface area contributed by atoms with Crippen LogP contribution in [0.5, 0.6) is 5.75 Å². The van der Waals surface area contributed by atoms with Crippen LogP contribution in [0.15, 0.2) is 23.6 Å². The van der Waals surface area contributed by atoms with Crippen molar-refractivity contribution in [3.05, 3.63) is 39.8 Å². The summed E-state index contributed by atoms with van der Waals surface area (Å²) in [5.74, 6) is 0.917. The smallest absolute Gasteiger partial charge is 0.224 e. The third-order valence-corrected chi connectivity index (χ3v) is 5.62. The van der Waals surface area contributed by atoms with E-state index < -0.39 is 0 Å². The van der Waals surface area contributed by atoms with E-state index in [4.69, 9.17) is 4.74 Å². The van der Waals surface area contributed by atoms with Crippen LogP contribution >= 0.6 is 11.3 Å². The second-order valence-corrected chi connectivity index (χ2v) is 7.95. The van der Waals surface area contributed by atoms with Crippen molar-refractivity contribution >= 4 is 28.8 Å². The van der Waals surface area contributed by atoms with Gasteiger partial charge in [0.05, 0.1) is 11.6 Å². The highest BCUT2D eigenvalue weighted by Gasteiger charge is 2.15. The molecule has 0 bridgehead atoms. The van der Waals surface area contributed by atoms with Crippen molar-refractivity contribution in [2.75, 3.05) is 18.5 Å². The molecule has 0 fully saturated rings. The zero-order chi connectivity index (χ0) is 19.8. The Kier molecular flexibility index (Phi) is 7.42. The van der Waals surface area contributed by atoms with E-state index in [1.165, 1.54) is 5.01 Å². The maximum Gasteiger partial charge on any atom is 0.224 e. The second-order valence-electron chi connectivity index (χ2n) is 7.01. The molecule has 2 amide bonds. The van der Waals surface area contributed by atoms with Gasteiger partial charge in [0.25, 0.3) is 0 Å². The molecule has 2 N–H and O–H groups in total. The van der Waals surface area contributed by atoms with Crippen molar-refractivity contribution in [2.45, 2.75) is 51.9 Å². The van der Waals surface area contributed by atoms with Crippen molar-refractivity contribution in [1.82, 2.24) is 10.3 Å². The molecule has 7 heteroatoms. The molecule has 0 spiro atoms. The van der Waals surface area contributed by atoms with Gasteiger partial charge in [-0.3, -0.25) is 9.59 Å². The standard InChI is InChI=1S/C21H27N3O3S/c1-15-14-28-21(23-15)6-2-3-11-22-19(25)5-4-12-27-17-8-9-18-16(13-17)7-10-20(26)24-18/h8-9,13-14H,2-7,10-12H2,1H3,(H,22,25)(H,24,26). The molecule has 0 radical (unpaired) electrons. The lowest BCUT2D eigenvalue weighted by Crippen LogP contribution is -2.24. The number of ether oxygens (including phenoxy) is 1. The van der Waals surface area contributed by atoms with E-state index in [9.17, 15) is 9.59 Å². The molecule has 3 rings (SSSR count). The Bertz CT molecular complexity index is 819. The van der Waals surface area contributed by atoms with Gasteiger partial charge in [-0.1, -0.05) is 0 Å². The molecule has 0 atom stereocenters. The highest BCUT2D eigenvalue weighted by Crippen LogP contribution is 2.26. The van der Waals surface area contributed by atoms with Gasteiger partial charge >= 0.3 is 0 Å². The highest BCUT2D eigenvalue weighted by atomic mass is 32.1. The molecule has 1 aromatic carbocycles. The third kappa shape index (κ3) is 6.34. The van der Waals surface area contributed by atoms with E-state index in [0.717, 1.165) is 48.4 Å². The summed E-state index contributed by atoms with van der Waals surface area (Å²) in [6.07, 6.45) is 5.38. The maximum absolute atomic E-state index is 11.9. The van der Waals surface area contributed by atoms with Crippen molar-refractivity contribution in [1.29, 1.82) is 0 Å². The number of nitrogens with zero attached hydrogens (tertiary/aromatic N) is 1. The fourth-order valence-corrected chi connectivity index (χ4v) is 3.93. The van der Waals surface area contributed by atoms with Crippen LogP contribution in [-0.4, -0.2) is 29.9 Å². The molecule has 1 aliphatic heterocycles. The number of rotatable bonds is 10. The number of aromatic nitrogens is 1. The third-order valence-electron chi connectivity index (χ3n) is 4.60. The number of thiazole rings is 1. The largest absolute Gasteiger partial charge is 0.494 e. The van der Waals surface area contributed by atoms with Gasteiger partial charge in [-0.15, -0.1) is 11.3 Å². The minimum Gasteiger partial charge on any atom is -0.494 e. The lowest BCUT2D eigenvalue weighted by molar-refractivity contribution is -0.121. The summed E-state index contributed by atoms with van der Waals surface area (Å²) in [7, 11) is 0. The van der Waals surface area contributed by atoms with E-state index in [2.05, 4.69) is 21.0 Å². The fourth-order valence-electron chi connectivity index (χ4n) is 3.11. The minimum atomic E-state index is 0.0606.